The van der Waals surface area contributed by atoms with Gasteiger partial charge in [0.1, 0.15) is 0 Å². The highest BCUT2D eigenvalue weighted by Crippen LogP contribution is 2.14. The van der Waals surface area contributed by atoms with Crippen LogP contribution in [0.15, 0.2) is 23.3 Å². The summed E-state index contributed by atoms with van der Waals surface area (Å²) in [5.74, 6) is -0.256. The molecule has 98 valence electrons. The van der Waals surface area contributed by atoms with Crippen molar-refractivity contribution < 1.29 is 9.53 Å². The molecule has 0 aromatic rings. The molecule has 0 atom stereocenters. The average Bonchev–Trinajstić information content (AvgIpc) is 2.33. The predicted octanol–water partition coefficient (Wildman–Crippen LogP) is 4.41. The summed E-state index contributed by atoms with van der Waals surface area (Å²) in [6.45, 7) is 6.40. The van der Waals surface area contributed by atoms with Gasteiger partial charge in [0.2, 0.25) is 0 Å². The summed E-state index contributed by atoms with van der Waals surface area (Å²) < 4.78 is 4.59. The van der Waals surface area contributed by atoms with E-state index >= 15 is 0 Å². The van der Waals surface area contributed by atoms with Gasteiger partial charge >= 0.3 is 5.97 Å². The molecule has 0 unspecified atom stereocenters. The van der Waals surface area contributed by atoms with Crippen molar-refractivity contribution in [3.05, 3.63) is 23.3 Å². The van der Waals surface area contributed by atoms with E-state index < -0.39 is 0 Å². The summed E-state index contributed by atoms with van der Waals surface area (Å²) in [7, 11) is 1.41. The Bertz CT molecular complexity index is 275. The number of unbranched alkanes of at least 4 members (excludes halogenated alkanes) is 1. The summed E-state index contributed by atoms with van der Waals surface area (Å²) in [6.07, 6.45) is 10.7. The van der Waals surface area contributed by atoms with Gasteiger partial charge in [-0.1, -0.05) is 37.5 Å². The second-order valence-corrected chi connectivity index (χ2v) is 4.37. The first-order valence-corrected chi connectivity index (χ1v) is 6.57. The minimum Gasteiger partial charge on any atom is -0.466 e. The number of hydrogen-bond acceptors (Lipinski definition) is 2. The van der Waals surface area contributed by atoms with E-state index in [4.69, 9.17) is 0 Å². The molecule has 0 saturated heterocycles. The normalized spacial score (nSPS) is 12.7. The van der Waals surface area contributed by atoms with Crippen molar-refractivity contribution in [2.24, 2.45) is 0 Å². The zero-order valence-electron chi connectivity index (χ0n) is 11.7. The van der Waals surface area contributed by atoms with Gasteiger partial charge in [0.25, 0.3) is 0 Å². The summed E-state index contributed by atoms with van der Waals surface area (Å²) in [5.41, 5.74) is 2.62. The van der Waals surface area contributed by atoms with Crippen molar-refractivity contribution in [1.82, 2.24) is 0 Å². The standard InChI is InChI=1S/C15H26O2/c1-5-7-10-14(6-2)11-8-9-13(3)12-15(16)17-4/h11-12H,5-10H2,1-4H3/b13-12+,14-11-. The highest BCUT2D eigenvalue weighted by molar-refractivity contribution is 5.82. The minimum absolute atomic E-state index is 0.256. The lowest BCUT2D eigenvalue weighted by atomic mass is 10.0. The quantitative estimate of drug-likeness (QED) is 0.355. The van der Waals surface area contributed by atoms with Gasteiger partial charge in [0, 0.05) is 6.08 Å². The fourth-order valence-corrected chi connectivity index (χ4v) is 1.66. The molecule has 0 rings (SSSR count). The number of carbonyl (C=O) groups excluding carboxylic acids is 1. The molecule has 0 amide bonds. The highest BCUT2D eigenvalue weighted by Gasteiger charge is 1.97. The van der Waals surface area contributed by atoms with Crippen molar-refractivity contribution in [2.75, 3.05) is 7.11 Å². The number of hydrogen-bond donors (Lipinski definition) is 0. The Hall–Kier alpha value is -1.05. The fraction of sp³-hybridized carbons (Fsp3) is 0.667. The topological polar surface area (TPSA) is 26.3 Å². The van der Waals surface area contributed by atoms with E-state index in [0.29, 0.717) is 0 Å². The first-order valence-electron chi connectivity index (χ1n) is 6.57. The molecule has 0 aromatic heterocycles. The van der Waals surface area contributed by atoms with Crippen LogP contribution < -0.4 is 0 Å². The van der Waals surface area contributed by atoms with Crippen LogP contribution in [-0.2, 0) is 9.53 Å². The third-order valence-electron chi connectivity index (χ3n) is 2.84. The van der Waals surface area contributed by atoms with Crippen LogP contribution in [0.3, 0.4) is 0 Å². The minimum atomic E-state index is -0.256. The van der Waals surface area contributed by atoms with E-state index in [1.807, 2.05) is 6.92 Å². The number of ether oxygens (including phenoxy) is 1. The molecular weight excluding hydrogens is 212 g/mol. The van der Waals surface area contributed by atoms with E-state index in [1.165, 1.54) is 31.9 Å². The molecule has 0 aliphatic carbocycles. The summed E-state index contributed by atoms with van der Waals surface area (Å²) in [5, 5.41) is 0. The molecule has 0 radical (unpaired) electrons. The monoisotopic (exact) mass is 238 g/mol. The largest absolute Gasteiger partial charge is 0.466 e. The van der Waals surface area contributed by atoms with Crippen molar-refractivity contribution >= 4 is 5.97 Å². The van der Waals surface area contributed by atoms with Gasteiger partial charge < -0.3 is 4.74 Å². The van der Waals surface area contributed by atoms with Crippen molar-refractivity contribution in [3.63, 3.8) is 0 Å². The molecule has 0 aliphatic heterocycles. The van der Waals surface area contributed by atoms with Gasteiger partial charge in [0.05, 0.1) is 7.11 Å². The van der Waals surface area contributed by atoms with Crippen molar-refractivity contribution in [2.45, 2.75) is 59.3 Å². The molecule has 0 aromatic carbocycles. The molecule has 0 bridgehead atoms. The number of rotatable bonds is 8. The Balaban J connectivity index is 4.05. The van der Waals surface area contributed by atoms with Gasteiger partial charge in [-0.25, -0.2) is 4.79 Å². The van der Waals surface area contributed by atoms with Gasteiger partial charge in [-0.05, 0) is 39.0 Å². The number of esters is 1. The van der Waals surface area contributed by atoms with Gasteiger partial charge in [-0.15, -0.1) is 0 Å². The average molecular weight is 238 g/mol. The molecule has 2 heteroatoms. The maximum absolute atomic E-state index is 11.0. The van der Waals surface area contributed by atoms with Gasteiger partial charge in [0.15, 0.2) is 0 Å². The van der Waals surface area contributed by atoms with Crippen LogP contribution in [0.1, 0.15) is 59.3 Å². The highest BCUT2D eigenvalue weighted by atomic mass is 16.5. The molecule has 0 fully saturated rings. The van der Waals surface area contributed by atoms with Crippen molar-refractivity contribution in [3.8, 4) is 0 Å². The first kappa shape index (κ1) is 16.0. The lowest BCUT2D eigenvalue weighted by Crippen LogP contribution is -1.95. The molecule has 0 N–H and O–H groups in total. The molecule has 2 nitrogen and oxygen atoms in total. The number of carbonyl (C=O) groups is 1. The van der Waals surface area contributed by atoms with Gasteiger partial charge in [-0.2, -0.15) is 0 Å². The summed E-state index contributed by atoms with van der Waals surface area (Å²) in [6, 6.07) is 0. The zero-order valence-corrected chi connectivity index (χ0v) is 11.7. The van der Waals surface area contributed by atoms with Crippen LogP contribution in [0.2, 0.25) is 0 Å². The Morgan fingerprint density at radius 2 is 1.94 bits per heavy atom. The van der Waals surface area contributed by atoms with E-state index in [9.17, 15) is 4.79 Å². The smallest absolute Gasteiger partial charge is 0.330 e. The van der Waals surface area contributed by atoms with E-state index in [1.54, 1.807) is 6.08 Å². The second kappa shape index (κ2) is 10.1. The first-order chi connectivity index (χ1) is 8.13. The number of allylic oxidation sites excluding steroid dienone is 3. The maximum Gasteiger partial charge on any atom is 0.330 e. The predicted molar refractivity (Wildman–Crippen MR) is 72.9 cm³/mol. The third-order valence-corrected chi connectivity index (χ3v) is 2.84. The Kier molecular flexibility index (Phi) is 9.50. The van der Waals surface area contributed by atoms with Crippen LogP contribution in [0.4, 0.5) is 0 Å². The van der Waals surface area contributed by atoms with E-state index in [2.05, 4.69) is 24.7 Å². The summed E-state index contributed by atoms with van der Waals surface area (Å²) in [4.78, 5) is 11.0. The van der Waals surface area contributed by atoms with Gasteiger partial charge in [-0.3, -0.25) is 0 Å². The molecule has 0 saturated carbocycles. The lowest BCUT2D eigenvalue weighted by Gasteiger charge is -2.04. The summed E-state index contributed by atoms with van der Waals surface area (Å²) >= 11 is 0. The maximum atomic E-state index is 11.0. The Morgan fingerprint density at radius 3 is 2.47 bits per heavy atom. The number of methoxy groups -OCH3 is 1. The molecule has 0 spiro atoms. The molecule has 17 heavy (non-hydrogen) atoms. The van der Waals surface area contributed by atoms with E-state index in [0.717, 1.165) is 24.8 Å². The van der Waals surface area contributed by atoms with Crippen LogP contribution >= 0.6 is 0 Å². The lowest BCUT2D eigenvalue weighted by molar-refractivity contribution is -0.134. The fourth-order valence-electron chi connectivity index (χ4n) is 1.66. The second-order valence-electron chi connectivity index (χ2n) is 4.37. The zero-order chi connectivity index (χ0) is 13.1. The Labute approximate surface area is 106 Å². The van der Waals surface area contributed by atoms with Crippen LogP contribution in [0, 0.1) is 0 Å². The van der Waals surface area contributed by atoms with Crippen molar-refractivity contribution in [1.29, 1.82) is 0 Å². The molecule has 0 aliphatic rings. The SMILES string of the molecule is CCCC/C(=C\CC/C(C)=C/C(=O)OC)CC. The Morgan fingerprint density at radius 1 is 1.24 bits per heavy atom. The van der Waals surface area contributed by atoms with Crippen LogP contribution in [0.25, 0.3) is 0 Å². The van der Waals surface area contributed by atoms with E-state index in [-0.39, 0.29) is 5.97 Å². The molecular formula is C15H26O2. The third kappa shape index (κ3) is 8.73. The van der Waals surface area contributed by atoms with Crippen LogP contribution in [-0.4, -0.2) is 13.1 Å². The van der Waals surface area contributed by atoms with Crippen LogP contribution in [0.5, 0.6) is 0 Å². The molecule has 0 heterocycles.